The molecule has 1 aliphatic rings. The maximum absolute atomic E-state index is 5.00. The minimum Gasteiger partial charge on any atom is -0.309 e. The van der Waals surface area contributed by atoms with E-state index < -0.39 is 0 Å². The number of hydrogen-bond donors (Lipinski definition) is 0. The second-order valence-electron chi connectivity index (χ2n) is 17.8. The van der Waals surface area contributed by atoms with E-state index in [2.05, 4.69) is 222 Å². The Hall–Kier alpha value is -8.34. The van der Waals surface area contributed by atoms with Crippen molar-refractivity contribution in [2.75, 3.05) is 0 Å². The topological polar surface area (TPSA) is 35.1 Å². The van der Waals surface area contributed by atoms with E-state index in [4.69, 9.17) is 4.98 Å². The van der Waals surface area contributed by atoms with Crippen molar-refractivity contribution in [3.63, 3.8) is 0 Å². The summed E-state index contributed by atoms with van der Waals surface area (Å²) in [6.07, 6.45) is 3.83. The summed E-state index contributed by atoms with van der Waals surface area (Å²) >= 11 is 0. The lowest BCUT2D eigenvalue weighted by Crippen LogP contribution is -2.15. The number of nitrogens with zero attached hydrogens (tertiary/aromatic N) is 4. The number of benzene rings is 9. The minimum absolute atomic E-state index is 0.120. The summed E-state index contributed by atoms with van der Waals surface area (Å²) in [4.78, 5) is 9.57. The molecule has 0 spiro atoms. The molecule has 0 bridgehead atoms. The maximum atomic E-state index is 5.00. The predicted molar refractivity (Wildman–Crippen MR) is 270 cm³/mol. The van der Waals surface area contributed by atoms with Gasteiger partial charge in [-0.25, -0.2) is 9.97 Å². The first-order valence-electron chi connectivity index (χ1n) is 22.4. The van der Waals surface area contributed by atoms with Gasteiger partial charge in [0.15, 0.2) is 0 Å². The van der Waals surface area contributed by atoms with Crippen LogP contribution in [-0.2, 0) is 5.41 Å². The van der Waals surface area contributed by atoms with Crippen molar-refractivity contribution in [3.05, 3.63) is 230 Å². The molecule has 3 aromatic heterocycles. The minimum atomic E-state index is -0.120. The molecule has 9 aromatic carbocycles. The third-order valence-corrected chi connectivity index (χ3v) is 13.8. The standard InChI is InChI=1S/C61H42N4/c1-61(2)53-22-13-12-21-49(53)50-32-30-47(37-54(50)61)65-55-36-46-28-27-45-35-44(39-23-25-41(26-24-39)57-59(43-19-10-5-11-20-43)64-34-14-33-62-60(64)63-57)29-31-48(45)51(46)38-52(55)56(40-15-6-3-7-16-40)58(65)42-17-8-4-9-18-42/h3-38H,1-2H3. The number of imidazole rings is 1. The molecule has 0 N–H and O–H groups in total. The van der Waals surface area contributed by atoms with E-state index >= 15 is 0 Å². The van der Waals surface area contributed by atoms with Gasteiger partial charge >= 0.3 is 0 Å². The van der Waals surface area contributed by atoms with Crippen molar-refractivity contribution in [2.45, 2.75) is 19.3 Å². The molecular weight excluding hydrogens is 789 g/mol. The highest BCUT2D eigenvalue weighted by Gasteiger charge is 2.36. The van der Waals surface area contributed by atoms with Crippen molar-refractivity contribution in [1.82, 2.24) is 18.9 Å². The highest BCUT2D eigenvalue weighted by Crippen LogP contribution is 2.51. The molecule has 0 saturated carbocycles. The summed E-state index contributed by atoms with van der Waals surface area (Å²) in [6, 6.07) is 75.5. The fourth-order valence-corrected chi connectivity index (χ4v) is 10.7. The van der Waals surface area contributed by atoms with Crippen LogP contribution < -0.4 is 0 Å². The van der Waals surface area contributed by atoms with Crippen LogP contribution in [0.4, 0.5) is 0 Å². The SMILES string of the molecule is CC1(C)c2ccccc2-c2ccc(-n3c(-c4ccccc4)c(-c4ccccc4)c4cc5c(ccc6cc(-c7ccc(-c8nc9ncccn9c8-c8ccccc8)cc7)ccc65)cc43)cc21. The van der Waals surface area contributed by atoms with Gasteiger partial charge in [0.1, 0.15) is 0 Å². The van der Waals surface area contributed by atoms with Crippen molar-refractivity contribution < 1.29 is 0 Å². The molecule has 0 aliphatic heterocycles. The Labute approximate surface area is 377 Å². The molecular formula is C61H42N4. The van der Waals surface area contributed by atoms with Crippen LogP contribution in [0.25, 0.3) is 111 Å². The van der Waals surface area contributed by atoms with E-state index in [1.165, 1.54) is 88.3 Å². The van der Waals surface area contributed by atoms with Crippen LogP contribution in [0.5, 0.6) is 0 Å². The van der Waals surface area contributed by atoms with Gasteiger partial charge < -0.3 is 4.57 Å². The second-order valence-corrected chi connectivity index (χ2v) is 17.8. The largest absolute Gasteiger partial charge is 0.309 e. The van der Waals surface area contributed by atoms with E-state index in [0.29, 0.717) is 5.78 Å². The molecule has 0 fully saturated rings. The molecule has 0 amide bonds. The van der Waals surface area contributed by atoms with E-state index in [1.54, 1.807) is 6.20 Å². The van der Waals surface area contributed by atoms with Gasteiger partial charge in [-0.3, -0.25) is 4.40 Å². The fraction of sp³-hybridized carbons (Fsp3) is 0.0492. The van der Waals surface area contributed by atoms with Crippen molar-refractivity contribution >= 4 is 38.2 Å². The Morgan fingerprint density at radius 2 is 1.06 bits per heavy atom. The zero-order valence-corrected chi connectivity index (χ0v) is 36.1. The normalized spacial score (nSPS) is 12.9. The molecule has 306 valence electrons. The monoisotopic (exact) mass is 830 g/mol. The van der Waals surface area contributed by atoms with E-state index in [1.807, 2.05) is 18.3 Å². The molecule has 0 atom stereocenters. The quantitative estimate of drug-likeness (QED) is 0.157. The summed E-state index contributed by atoms with van der Waals surface area (Å²) in [5.74, 6) is 0.687. The summed E-state index contributed by atoms with van der Waals surface area (Å²) in [5, 5.41) is 6.13. The Balaban J connectivity index is 0.971. The summed E-state index contributed by atoms with van der Waals surface area (Å²) < 4.78 is 4.60. The lowest BCUT2D eigenvalue weighted by atomic mass is 9.82. The number of hydrogen-bond acceptors (Lipinski definition) is 2. The number of fused-ring (bicyclic) bond motifs is 8. The van der Waals surface area contributed by atoms with Crippen LogP contribution in [0.1, 0.15) is 25.0 Å². The molecule has 1 aliphatic carbocycles. The second kappa shape index (κ2) is 14.3. The summed E-state index contributed by atoms with van der Waals surface area (Å²) in [7, 11) is 0. The molecule has 0 saturated heterocycles. The highest BCUT2D eigenvalue weighted by atomic mass is 15.1. The Morgan fingerprint density at radius 3 is 1.82 bits per heavy atom. The number of rotatable bonds is 6. The zero-order valence-electron chi connectivity index (χ0n) is 36.1. The molecule has 0 unspecified atom stereocenters. The maximum Gasteiger partial charge on any atom is 0.234 e. The molecule has 65 heavy (non-hydrogen) atoms. The van der Waals surface area contributed by atoms with Gasteiger partial charge in [-0.1, -0.05) is 184 Å². The predicted octanol–water partition coefficient (Wildman–Crippen LogP) is 15.6. The summed E-state index contributed by atoms with van der Waals surface area (Å²) in [5.41, 5.74) is 18.9. The van der Waals surface area contributed by atoms with Gasteiger partial charge in [-0.15, -0.1) is 0 Å². The van der Waals surface area contributed by atoms with E-state index in [9.17, 15) is 0 Å². The van der Waals surface area contributed by atoms with Crippen LogP contribution in [-0.4, -0.2) is 18.9 Å². The Bertz CT molecular complexity index is 3820. The molecule has 4 nitrogen and oxygen atoms in total. The third-order valence-electron chi connectivity index (χ3n) is 13.8. The van der Waals surface area contributed by atoms with Gasteiger partial charge in [-0.2, -0.15) is 0 Å². The van der Waals surface area contributed by atoms with Crippen LogP contribution in [0.3, 0.4) is 0 Å². The van der Waals surface area contributed by atoms with E-state index in [-0.39, 0.29) is 5.41 Å². The van der Waals surface area contributed by atoms with Gasteiger partial charge in [0.05, 0.1) is 22.6 Å². The van der Waals surface area contributed by atoms with Gasteiger partial charge in [0, 0.05) is 45.6 Å². The first-order chi connectivity index (χ1) is 32.0. The van der Waals surface area contributed by atoms with Crippen LogP contribution in [0, 0.1) is 0 Å². The molecule has 13 rings (SSSR count). The van der Waals surface area contributed by atoms with Crippen molar-refractivity contribution in [1.29, 1.82) is 0 Å². The first-order valence-corrected chi connectivity index (χ1v) is 22.4. The zero-order chi connectivity index (χ0) is 43.2. The van der Waals surface area contributed by atoms with Crippen LogP contribution >= 0.6 is 0 Å². The van der Waals surface area contributed by atoms with Gasteiger partial charge in [-0.05, 0) is 102 Å². The molecule has 0 radical (unpaired) electrons. The highest BCUT2D eigenvalue weighted by molar-refractivity contribution is 6.17. The summed E-state index contributed by atoms with van der Waals surface area (Å²) in [6.45, 7) is 4.73. The third kappa shape index (κ3) is 5.77. The lowest BCUT2D eigenvalue weighted by molar-refractivity contribution is 0.660. The average Bonchev–Trinajstić information content (AvgIpc) is 3.99. The van der Waals surface area contributed by atoms with Crippen LogP contribution in [0.15, 0.2) is 219 Å². The van der Waals surface area contributed by atoms with Crippen molar-refractivity contribution in [3.8, 4) is 72.8 Å². The first kappa shape index (κ1) is 37.2. The average molecular weight is 831 g/mol. The van der Waals surface area contributed by atoms with Gasteiger partial charge in [0.2, 0.25) is 5.78 Å². The smallest absolute Gasteiger partial charge is 0.234 e. The Morgan fingerprint density at radius 1 is 0.431 bits per heavy atom. The molecule has 4 heteroatoms. The fourth-order valence-electron chi connectivity index (χ4n) is 10.7. The number of aromatic nitrogens is 4. The molecule has 12 aromatic rings. The van der Waals surface area contributed by atoms with E-state index in [0.717, 1.165) is 28.1 Å². The van der Waals surface area contributed by atoms with Gasteiger partial charge in [0.25, 0.3) is 0 Å². The van der Waals surface area contributed by atoms with Crippen molar-refractivity contribution in [2.24, 2.45) is 0 Å². The van der Waals surface area contributed by atoms with Crippen LogP contribution in [0.2, 0.25) is 0 Å². The Kier molecular flexibility index (Phi) is 8.22. The lowest BCUT2D eigenvalue weighted by Gasteiger charge is -2.22. The molecule has 3 heterocycles.